The van der Waals surface area contributed by atoms with Crippen LogP contribution in [0.2, 0.25) is 0 Å². The molecule has 0 aromatic rings. The minimum atomic E-state index is 0.136. The van der Waals surface area contributed by atoms with Crippen LogP contribution < -0.4 is 0 Å². The van der Waals surface area contributed by atoms with Crippen molar-refractivity contribution < 1.29 is 9.59 Å². The lowest BCUT2D eigenvalue weighted by Gasteiger charge is -2.16. The Morgan fingerprint density at radius 2 is 2.25 bits per heavy atom. The van der Waals surface area contributed by atoms with Gasteiger partial charge in [0.15, 0.2) is 5.78 Å². The number of nitrogens with zero attached hydrogens (tertiary/aromatic N) is 1. The first-order valence-corrected chi connectivity index (χ1v) is 4.56. The van der Waals surface area contributed by atoms with Crippen LogP contribution in [0.1, 0.15) is 26.2 Å². The first-order chi connectivity index (χ1) is 5.74. The summed E-state index contributed by atoms with van der Waals surface area (Å²) in [6.45, 7) is 2.40. The van der Waals surface area contributed by atoms with E-state index >= 15 is 0 Å². The van der Waals surface area contributed by atoms with E-state index in [1.165, 1.54) is 0 Å². The van der Waals surface area contributed by atoms with Crippen molar-refractivity contribution in [2.24, 2.45) is 5.92 Å². The molecule has 66 valence electrons. The van der Waals surface area contributed by atoms with Crippen molar-refractivity contribution in [3.05, 3.63) is 0 Å². The zero-order valence-corrected chi connectivity index (χ0v) is 7.25. The molecule has 0 aliphatic carbocycles. The third-order valence-electron chi connectivity index (χ3n) is 3.02. The molecule has 3 heteroatoms. The predicted octanol–water partition coefficient (Wildman–Crippen LogP) is 0.586. The number of ketones is 1. The summed E-state index contributed by atoms with van der Waals surface area (Å²) in [6.07, 6.45) is 2.42. The molecule has 0 N–H and O–H groups in total. The molecule has 12 heavy (non-hydrogen) atoms. The lowest BCUT2D eigenvalue weighted by atomic mass is 9.95. The molecule has 0 radical (unpaired) electrons. The number of rotatable bonds is 1. The number of amides is 1. The largest absolute Gasteiger partial charge is 0.332 e. The smallest absolute Gasteiger partial charge is 0.223 e. The molecule has 0 spiro atoms. The molecule has 0 bridgehead atoms. The minimum Gasteiger partial charge on any atom is -0.332 e. The Labute approximate surface area is 71.7 Å². The van der Waals surface area contributed by atoms with E-state index in [0.717, 1.165) is 12.8 Å². The highest BCUT2D eigenvalue weighted by Gasteiger charge is 2.45. The van der Waals surface area contributed by atoms with Gasteiger partial charge in [0.1, 0.15) is 0 Å². The van der Waals surface area contributed by atoms with Gasteiger partial charge < -0.3 is 4.90 Å². The maximum absolute atomic E-state index is 11.4. The summed E-state index contributed by atoms with van der Waals surface area (Å²) in [7, 11) is 0. The molecule has 2 rings (SSSR count). The van der Waals surface area contributed by atoms with Gasteiger partial charge in [-0.25, -0.2) is 0 Å². The van der Waals surface area contributed by atoms with Crippen molar-refractivity contribution >= 4 is 11.7 Å². The van der Waals surface area contributed by atoms with Crippen molar-refractivity contribution in [3.63, 3.8) is 0 Å². The van der Waals surface area contributed by atoms with E-state index in [1.54, 1.807) is 4.90 Å². The predicted molar refractivity (Wildman–Crippen MR) is 43.5 cm³/mol. The van der Waals surface area contributed by atoms with Gasteiger partial charge in [0.25, 0.3) is 0 Å². The molecule has 0 aromatic heterocycles. The highest BCUT2D eigenvalue weighted by atomic mass is 16.2. The van der Waals surface area contributed by atoms with Crippen LogP contribution in [-0.4, -0.2) is 29.2 Å². The number of hydrogen-bond donors (Lipinski definition) is 0. The van der Waals surface area contributed by atoms with Crippen LogP contribution in [0.15, 0.2) is 0 Å². The van der Waals surface area contributed by atoms with Crippen molar-refractivity contribution in [2.75, 3.05) is 6.54 Å². The fraction of sp³-hybridized carbons (Fsp3) is 0.778. The van der Waals surface area contributed by atoms with Gasteiger partial charge in [0, 0.05) is 18.4 Å². The van der Waals surface area contributed by atoms with Crippen molar-refractivity contribution in [3.8, 4) is 0 Å². The summed E-state index contributed by atoms with van der Waals surface area (Å²) in [5, 5.41) is 0. The van der Waals surface area contributed by atoms with Gasteiger partial charge in [-0.3, -0.25) is 9.59 Å². The number of carbonyl (C=O) groups is 2. The number of hydrogen-bond acceptors (Lipinski definition) is 2. The van der Waals surface area contributed by atoms with E-state index in [1.807, 2.05) is 6.92 Å². The fourth-order valence-electron chi connectivity index (χ4n) is 2.38. The Bertz CT molecular complexity index is 237. The number of Topliss-reactive ketones (excluding diaryl/α,β-unsaturated/α-hetero) is 1. The van der Waals surface area contributed by atoms with Crippen molar-refractivity contribution in [1.29, 1.82) is 0 Å². The van der Waals surface area contributed by atoms with Crippen LogP contribution in [0.3, 0.4) is 0 Å². The molecule has 1 unspecified atom stereocenters. The Morgan fingerprint density at radius 1 is 1.50 bits per heavy atom. The van der Waals surface area contributed by atoms with E-state index in [0.29, 0.717) is 13.0 Å². The normalized spacial score (nSPS) is 34.6. The topological polar surface area (TPSA) is 37.4 Å². The average Bonchev–Trinajstić information content (AvgIpc) is 2.52. The van der Waals surface area contributed by atoms with Crippen LogP contribution in [0.4, 0.5) is 0 Å². The molecule has 3 nitrogen and oxygen atoms in total. The molecular weight excluding hydrogens is 154 g/mol. The van der Waals surface area contributed by atoms with Crippen LogP contribution in [0, 0.1) is 5.92 Å². The van der Waals surface area contributed by atoms with Crippen molar-refractivity contribution in [1.82, 2.24) is 4.90 Å². The summed E-state index contributed by atoms with van der Waals surface area (Å²) in [4.78, 5) is 24.4. The lowest BCUT2D eigenvalue weighted by Crippen LogP contribution is -2.29. The van der Waals surface area contributed by atoms with Gasteiger partial charge >= 0.3 is 0 Å². The SMILES string of the molecule is CC[C@H]1C(=O)CN2C(=O)CCC12. The zero-order chi connectivity index (χ0) is 8.72. The third-order valence-corrected chi connectivity index (χ3v) is 3.02. The van der Waals surface area contributed by atoms with Gasteiger partial charge in [-0.15, -0.1) is 0 Å². The van der Waals surface area contributed by atoms with Crippen molar-refractivity contribution in [2.45, 2.75) is 32.2 Å². The van der Waals surface area contributed by atoms with E-state index in [2.05, 4.69) is 0 Å². The quantitative estimate of drug-likeness (QED) is 0.573. The van der Waals surface area contributed by atoms with Crippen LogP contribution in [-0.2, 0) is 9.59 Å². The summed E-state index contributed by atoms with van der Waals surface area (Å²) in [6, 6.07) is 0.245. The third kappa shape index (κ3) is 0.886. The summed E-state index contributed by atoms with van der Waals surface area (Å²) in [5.41, 5.74) is 0. The molecule has 2 aliphatic heterocycles. The van der Waals surface area contributed by atoms with Gasteiger partial charge in [0.2, 0.25) is 5.91 Å². The van der Waals surface area contributed by atoms with Gasteiger partial charge in [0.05, 0.1) is 6.54 Å². The molecule has 0 aromatic carbocycles. The van der Waals surface area contributed by atoms with E-state index < -0.39 is 0 Å². The molecule has 2 fully saturated rings. The molecule has 2 aliphatic rings. The first-order valence-electron chi connectivity index (χ1n) is 4.56. The molecule has 1 amide bonds. The van der Waals surface area contributed by atoms with Crippen LogP contribution >= 0.6 is 0 Å². The summed E-state index contributed by atoms with van der Waals surface area (Å²) >= 11 is 0. The second-order valence-corrected chi connectivity index (χ2v) is 3.61. The summed E-state index contributed by atoms with van der Waals surface area (Å²) < 4.78 is 0. The second-order valence-electron chi connectivity index (χ2n) is 3.61. The molecule has 2 saturated heterocycles. The minimum absolute atomic E-state index is 0.136. The lowest BCUT2D eigenvalue weighted by molar-refractivity contribution is -0.129. The van der Waals surface area contributed by atoms with Gasteiger partial charge in [-0.2, -0.15) is 0 Å². The monoisotopic (exact) mass is 167 g/mol. The molecule has 0 saturated carbocycles. The number of fused-ring (bicyclic) bond motifs is 1. The molecular formula is C9H13NO2. The average molecular weight is 167 g/mol. The van der Waals surface area contributed by atoms with E-state index in [4.69, 9.17) is 0 Å². The highest BCUT2D eigenvalue weighted by molar-refractivity contribution is 5.93. The van der Waals surface area contributed by atoms with Gasteiger partial charge in [-0.05, 0) is 12.8 Å². The summed E-state index contributed by atoms with van der Waals surface area (Å²) in [5.74, 6) is 0.566. The number of carbonyl (C=O) groups excluding carboxylic acids is 2. The molecule has 2 atom stereocenters. The Morgan fingerprint density at radius 3 is 2.92 bits per heavy atom. The van der Waals surface area contributed by atoms with Crippen LogP contribution in [0.5, 0.6) is 0 Å². The second kappa shape index (κ2) is 2.57. The zero-order valence-electron chi connectivity index (χ0n) is 7.25. The maximum Gasteiger partial charge on any atom is 0.223 e. The van der Waals surface area contributed by atoms with Gasteiger partial charge in [-0.1, -0.05) is 6.92 Å². The Kier molecular flexibility index (Phi) is 1.67. The maximum atomic E-state index is 11.4. The fourth-order valence-corrected chi connectivity index (χ4v) is 2.38. The van der Waals surface area contributed by atoms with Crippen LogP contribution in [0.25, 0.3) is 0 Å². The first kappa shape index (κ1) is 7.77. The standard InChI is InChI=1S/C9H13NO2/c1-2-6-7-3-4-9(12)10(7)5-8(6)11/h6-7H,2-5H2,1H3/t6-,7?/m1/s1. The Hall–Kier alpha value is -0.860. The molecule has 2 heterocycles. The van der Waals surface area contributed by atoms with E-state index in [-0.39, 0.29) is 23.7 Å². The highest BCUT2D eigenvalue weighted by Crippen LogP contribution is 2.32. The Balaban J connectivity index is 2.20. The van der Waals surface area contributed by atoms with E-state index in [9.17, 15) is 9.59 Å².